The van der Waals surface area contributed by atoms with Crippen molar-refractivity contribution in [2.45, 2.75) is 6.18 Å². The normalized spacial score (nSPS) is 10.7. The van der Waals surface area contributed by atoms with Crippen molar-refractivity contribution in [2.24, 2.45) is 0 Å². The molecule has 0 N–H and O–H groups in total. The van der Waals surface area contributed by atoms with Crippen LogP contribution in [0.25, 0.3) is 5.57 Å². The predicted octanol–water partition coefficient (Wildman–Crippen LogP) is 3.24. The van der Waals surface area contributed by atoms with Crippen molar-refractivity contribution >= 4 is 5.57 Å². The van der Waals surface area contributed by atoms with Crippen LogP contribution in [0.1, 0.15) is 11.1 Å². The Balaban J connectivity index is 3.32. The van der Waals surface area contributed by atoms with Crippen molar-refractivity contribution in [2.75, 3.05) is 0 Å². The number of halogens is 3. The molecule has 1 rings (SSSR count). The minimum Gasteiger partial charge on any atom is -0.192 e. The topological polar surface area (TPSA) is 23.8 Å². The van der Waals surface area contributed by atoms with E-state index in [0.717, 1.165) is 6.07 Å². The predicted molar refractivity (Wildman–Crippen MR) is 46.1 cm³/mol. The van der Waals surface area contributed by atoms with Gasteiger partial charge in [0.05, 0.1) is 17.2 Å². The summed E-state index contributed by atoms with van der Waals surface area (Å²) in [7, 11) is 0. The van der Waals surface area contributed by atoms with Gasteiger partial charge in [-0.3, -0.25) is 0 Å². The van der Waals surface area contributed by atoms with Crippen molar-refractivity contribution in [1.29, 1.82) is 5.26 Å². The lowest BCUT2D eigenvalue weighted by atomic mass is 10.0. The zero-order valence-electron chi connectivity index (χ0n) is 7.10. The third kappa shape index (κ3) is 1.94. The Labute approximate surface area is 79.1 Å². The van der Waals surface area contributed by atoms with Gasteiger partial charge in [-0.25, -0.2) is 0 Å². The molecule has 0 aliphatic heterocycles. The van der Waals surface area contributed by atoms with Gasteiger partial charge in [0.1, 0.15) is 0 Å². The maximum Gasteiger partial charge on any atom is 0.417 e. The van der Waals surface area contributed by atoms with E-state index in [0.29, 0.717) is 0 Å². The molecule has 0 atom stereocenters. The lowest BCUT2D eigenvalue weighted by Crippen LogP contribution is -2.08. The van der Waals surface area contributed by atoms with E-state index in [4.69, 9.17) is 5.26 Å². The monoisotopic (exact) mass is 197 g/mol. The molecule has 0 bridgehead atoms. The molecule has 0 aliphatic rings. The molecule has 0 fully saturated rings. The highest BCUT2D eigenvalue weighted by atomic mass is 19.4. The number of alkyl halides is 3. The number of rotatable bonds is 1. The summed E-state index contributed by atoms with van der Waals surface area (Å²) in [6, 6.07) is 6.47. The molecule has 0 saturated carbocycles. The minimum atomic E-state index is -4.45. The van der Waals surface area contributed by atoms with E-state index in [1.807, 2.05) is 0 Å². The summed E-state index contributed by atoms with van der Waals surface area (Å²) in [6.45, 7) is 3.26. The summed E-state index contributed by atoms with van der Waals surface area (Å²) < 4.78 is 37.2. The smallest absolute Gasteiger partial charge is 0.192 e. The number of benzene rings is 1. The largest absolute Gasteiger partial charge is 0.417 e. The molecule has 0 saturated heterocycles. The van der Waals surface area contributed by atoms with Crippen LogP contribution in [0.2, 0.25) is 0 Å². The molecule has 0 radical (unpaired) electrons. The van der Waals surface area contributed by atoms with Crippen LogP contribution in [0.4, 0.5) is 13.2 Å². The summed E-state index contributed by atoms with van der Waals surface area (Å²) in [6.07, 6.45) is -4.45. The first-order chi connectivity index (χ1) is 6.46. The van der Waals surface area contributed by atoms with Gasteiger partial charge in [-0.15, -0.1) is 0 Å². The average molecular weight is 197 g/mol. The summed E-state index contributed by atoms with van der Waals surface area (Å²) in [5.74, 6) is 0. The van der Waals surface area contributed by atoms with Crippen LogP contribution in [0, 0.1) is 11.3 Å². The van der Waals surface area contributed by atoms with Gasteiger partial charge in [0, 0.05) is 5.56 Å². The van der Waals surface area contributed by atoms with Crippen LogP contribution in [-0.2, 0) is 6.18 Å². The molecule has 0 heterocycles. The fourth-order valence-corrected chi connectivity index (χ4v) is 1.05. The van der Waals surface area contributed by atoms with Gasteiger partial charge >= 0.3 is 6.18 Å². The van der Waals surface area contributed by atoms with E-state index in [2.05, 4.69) is 6.58 Å². The fraction of sp³-hybridized carbons (Fsp3) is 0.100. The third-order valence-corrected chi connectivity index (χ3v) is 1.69. The summed E-state index contributed by atoms with van der Waals surface area (Å²) in [5.41, 5.74) is -1.17. The second kappa shape index (κ2) is 3.54. The highest BCUT2D eigenvalue weighted by Crippen LogP contribution is 2.34. The average Bonchev–Trinajstić information content (AvgIpc) is 2.15. The summed E-state index contributed by atoms with van der Waals surface area (Å²) in [4.78, 5) is 0. The van der Waals surface area contributed by atoms with E-state index in [1.54, 1.807) is 6.07 Å². The molecule has 0 spiro atoms. The number of nitriles is 1. The highest BCUT2D eigenvalue weighted by molar-refractivity contribution is 5.76. The first-order valence-corrected chi connectivity index (χ1v) is 3.72. The molecule has 1 aromatic rings. The molecule has 1 aromatic carbocycles. The molecule has 4 heteroatoms. The minimum absolute atomic E-state index is 0.164. The van der Waals surface area contributed by atoms with Crippen LogP contribution in [0.15, 0.2) is 30.8 Å². The Morgan fingerprint density at radius 1 is 1.29 bits per heavy atom. The van der Waals surface area contributed by atoms with Crippen LogP contribution >= 0.6 is 0 Å². The van der Waals surface area contributed by atoms with Crippen molar-refractivity contribution in [3.8, 4) is 6.07 Å². The molecule has 0 amide bonds. The van der Waals surface area contributed by atoms with Gasteiger partial charge in [0.2, 0.25) is 0 Å². The summed E-state index contributed by atoms with van der Waals surface area (Å²) in [5, 5.41) is 8.46. The van der Waals surface area contributed by atoms with E-state index in [9.17, 15) is 13.2 Å². The zero-order valence-corrected chi connectivity index (χ0v) is 7.10. The van der Waals surface area contributed by atoms with Crippen LogP contribution in [-0.4, -0.2) is 0 Å². The van der Waals surface area contributed by atoms with Crippen LogP contribution in [0.3, 0.4) is 0 Å². The Morgan fingerprint density at radius 2 is 1.86 bits per heavy atom. The van der Waals surface area contributed by atoms with Gasteiger partial charge < -0.3 is 0 Å². The van der Waals surface area contributed by atoms with Crippen LogP contribution < -0.4 is 0 Å². The molecule has 1 nitrogen and oxygen atoms in total. The lowest BCUT2D eigenvalue weighted by Gasteiger charge is -2.10. The highest BCUT2D eigenvalue weighted by Gasteiger charge is 2.33. The van der Waals surface area contributed by atoms with Gasteiger partial charge in [0.25, 0.3) is 0 Å². The Hall–Kier alpha value is -1.76. The van der Waals surface area contributed by atoms with Crippen molar-refractivity contribution in [3.05, 3.63) is 42.0 Å². The van der Waals surface area contributed by atoms with Gasteiger partial charge in [-0.05, 0) is 6.07 Å². The Morgan fingerprint density at radius 3 is 2.36 bits per heavy atom. The van der Waals surface area contributed by atoms with E-state index in [-0.39, 0.29) is 11.1 Å². The molecule has 0 unspecified atom stereocenters. The molecular weight excluding hydrogens is 191 g/mol. The van der Waals surface area contributed by atoms with Crippen LogP contribution in [0.5, 0.6) is 0 Å². The lowest BCUT2D eigenvalue weighted by molar-refractivity contribution is -0.137. The molecular formula is C10H6F3N. The first kappa shape index (κ1) is 10.3. The number of allylic oxidation sites excluding steroid dienone is 1. The van der Waals surface area contributed by atoms with E-state index >= 15 is 0 Å². The number of hydrogen-bond acceptors (Lipinski definition) is 1. The third-order valence-electron chi connectivity index (χ3n) is 1.69. The molecule has 72 valence electrons. The second-order valence-electron chi connectivity index (χ2n) is 2.63. The fourth-order valence-electron chi connectivity index (χ4n) is 1.05. The first-order valence-electron chi connectivity index (χ1n) is 3.72. The summed E-state index contributed by atoms with van der Waals surface area (Å²) >= 11 is 0. The van der Waals surface area contributed by atoms with Crippen molar-refractivity contribution in [1.82, 2.24) is 0 Å². The molecule has 14 heavy (non-hydrogen) atoms. The molecule has 0 aromatic heterocycles. The Bertz CT molecular complexity index is 399. The van der Waals surface area contributed by atoms with Crippen molar-refractivity contribution < 1.29 is 13.2 Å². The van der Waals surface area contributed by atoms with Crippen molar-refractivity contribution in [3.63, 3.8) is 0 Å². The number of nitrogens with zero attached hydrogens (tertiary/aromatic N) is 1. The quantitative estimate of drug-likeness (QED) is 0.634. The van der Waals surface area contributed by atoms with E-state index < -0.39 is 11.7 Å². The molecule has 0 aliphatic carbocycles. The zero-order chi connectivity index (χ0) is 10.8. The van der Waals surface area contributed by atoms with Gasteiger partial charge in [0.15, 0.2) is 0 Å². The number of hydrogen-bond donors (Lipinski definition) is 0. The maximum absolute atomic E-state index is 12.4. The maximum atomic E-state index is 12.4. The second-order valence-corrected chi connectivity index (χ2v) is 2.63. The SMILES string of the molecule is C=C(C#N)c1ccccc1C(F)(F)F. The Kier molecular flexibility index (Phi) is 2.61. The standard InChI is InChI=1S/C10H6F3N/c1-7(6-14)8-4-2-3-5-9(8)10(11,12)13/h2-5H,1H2. The van der Waals surface area contributed by atoms with E-state index in [1.165, 1.54) is 18.2 Å². The van der Waals surface area contributed by atoms with Gasteiger partial charge in [-0.2, -0.15) is 18.4 Å². The van der Waals surface area contributed by atoms with Gasteiger partial charge in [-0.1, -0.05) is 24.8 Å².